The average molecular weight is 534 g/mol. The van der Waals surface area contributed by atoms with Crippen LogP contribution < -0.4 is 10.6 Å². The molecule has 40 heavy (non-hydrogen) atoms. The minimum Gasteiger partial charge on any atom is -0.449 e. The van der Waals surface area contributed by atoms with Crippen LogP contribution in [-0.2, 0) is 14.3 Å². The first kappa shape index (κ1) is 26.3. The molecule has 0 aliphatic carbocycles. The van der Waals surface area contributed by atoms with Crippen molar-refractivity contribution in [1.82, 2.24) is 14.8 Å². The van der Waals surface area contributed by atoms with Gasteiger partial charge < -0.3 is 15.4 Å². The molecule has 0 aliphatic heterocycles. The number of carbonyl (C=O) groups is 3. The molecule has 0 saturated heterocycles. The third kappa shape index (κ3) is 5.58. The smallest absolute Gasteiger partial charge is 0.339 e. The molecule has 0 radical (unpaired) electrons. The van der Waals surface area contributed by atoms with E-state index in [4.69, 9.17) is 9.72 Å². The monoisotopic (exact) mass is 533 g/mol. The highest BCUT2D eigenvalue weighted by atomic mass is 16.5. The summed E-state index contributed by atoms with van der Waals surface area (Å²) in [4.78, 5) is 42.5. The number of nitrogens with zero attached hydrogens (tertiary/aromatic N) is 3. The van der Waals surface area contributed by atoms with Crippen molar-refractivity contribution < 1.29 is 19.1 Å². The summed E-state index contributed by atoms with van der Waals surface area (Å²) in [5.74, 6) is -1.35. The van der Waals surface area contributed by atoms with Crippen molar-refractivity contribution in [3.63, 3.8) is 0 Å². The molecule has 1 atom stereocenters. The van der Waals surface area contributed by atoms with Crippen LogP contribution in [0.1, 0.15) is 29.9 Å². The molecule has 2 amide bonds. The number of benzene rings is 3. The molecule has 9 nitrogen and oxygen atoms in total. The first-order chi connectivity index (χ1) is 19.3. The van der Waals surface area contributed by atoms with Crippen molar-refractivity contribution in [3.05, 3.63) is 102 Å². The summed E-state index contributed by atoms with van der Waals surface area (Å²) in [6.07, 6.45) is -1.09. The zero-order valence-corrected chi connectivity index (χ0v) is 22.2. The number of pyridine rings is 1. The quantitative estimate of drug-likeness (QED) is 0.266. The Morgan fingerprint density at radius 3 is 2.08 bits per heavy atom. The van der Waals surface area contributed by atoms with Gasteiger partial charge in [0.2, 0.25) is 5.91 Å². The van der Waals surface area contributed by atoms with Gasteiger partial charge in [-0.2, -0.15) is 5.10 Å². The van der Waals surface area contributed by atoms with Crippen LogP contribution in [-0.4, -0.2) is 38.7 Å². The molecule has 0 unspecified atom stereocenters. The van der Waals surface area contributed by atoms with Gasteiger partial charge in [-0.15, -0.1) is 0 Å². The molecule has 0 saturated carbocycles. The molecule has 5 aromatic rings. The topological polar surface area (TPSA) is 115 Å². The second kappa shape index (κ2) is 11.2. The van der Waals surface area contributed by atoms with E-state index < -0.39 is 18.0 Å². The van der Waals surface area contributed by atoms with Gasteiger partial charge in [-0.3, -0.25) is 9.59 Å². The number of hydrogen-bond acceptors (Lipinski definition) is 6. The maximum Gasteiger partial charge on any atom is 0.339 e. The summed E-state index contributed by atoms with van der Waals surface area (Å²) in [6.45, 7) is 4.73. The van der Waals surface area contributed by atoms with Crippen LogP contribution in [0.25, 0.3) is 28.0 Å². The molecule has 5 rings (SSSR count). The van der Waals surface area contributed by atoms with E-state index in [1.165, 1.54) is 13.8 Å². The van der Waals surface area contributed by atoms with Gasteiger partial charge in [0.1, 0.15) is 0 Å². The molecule has 0 fully saturated rings. The van der Waals surface area contributed by atoms with Crippen LogP contribution in [0.15, 0.2) is 91.0 Å². The van der Waals surface area contributed by atoms with E-state index in [0.29, 0.717) is 33.8 Å². The molecule has 2 aromatic heterocycles. The number of carbonyl (C=O) groups excluding carboxylic acids is 3. The minimum absolute atomic E-state index is 0.192. The number of rotatable bonds is 7. The minimum atomic E-state index is -1.09. The number of nitrogens with one attached hydrogen (secondary N) is 2. The number of fused-ring (bicyclic) bond motifs is 1. The second-order valence-corrected chi connectivity index (χ2v) is 9.25. The Kier molecular flexibility index (Phi) is 7.37. The fourth-order valence-corrected chi connectivity index (χ4v) is 4.32. The molecule has 0 aliphatic rings. The fraction of sp³-hybridized carbons (Fsp3) is 0.129. The van der Waals surface area contributed by atoms with Crippen molar-refractivity contribution in [2.45, 2.75) is 26.9 Å². The number of esters is 1. The zero-order valence-electron chi connectivity index (χ0n) is 22.2. The van der Waals surface area contributed by atoms with Gasteiger partial charge >= 0.3 is 5.97 Å². The van der Waals surface area contributed by atoms with Crippen LogP contribution in [0.5, 0.6) is 0 Å². The Morgan fingerprint density at radius 2 is 1.45 bits per heavy atom. The molecule has 2 N–H and O–H groups in total. The van der Waals surface area contributed by atoms with Gasteiger partial charge in [-0.25, -0.2) is 14.5 Å². The van der Waals surface area contributed by atoms with Crippen molar-refractivity contribution in [2.75, 3.05) is 10.6 Å². The number of ether oxygens (including phenoxy) is 1. The van der Waals surface area contributed by atoms with Crippen molar-refractivity contribution >= 4 is 40.2 Å². The van der Waals surface area contributed by atoms with Gasteiger partial charge in [0.05, 0.1) is 28.0 Å². The Morgan fingerprint density at radius 1 is 0.850 bits per heavy atom. The summed E-state index contributed by atoms with van der Waals surface area (Å²) in [5.41, 5.74) is 4.69. The third-order valence-corrected chi connectivity index (χ3v) is 6.23. The molecular weight excluding hydrogens is 506 g/mol. The van der Waals surface area contributed by atoms with Gasteiger partial charge in [-0.1, -0.05) is 48.5 Å². The van der Waals surface area contributed by atoms with E-state index in [1.807, 2.05) is 67.6 Å². The van der Waals surface area contributed by atoms with Crippen LogP contribution in [0.3, 0.4) is 0 Å². The number of amides is 2. The van der Waals surface area contributed by atoms with Crippen LogP contribution in [0, 0.1) is 6.92 Å². The maximum atomic E-state index is 13.5. The predicted molar refractivity (Wildman–Crippen MR) is 153 cm³/mol. The number of para-hydroxylation sites is 1. The lowest BCUT2D eigenvalue weighted by molar-refractivity contribution is -0.123. The van der Waals surface area contributed by atoms with Crippen molar-refractivity contribution in [2.24, 2.45) is 0 Å². The third-order valence-electron chi connectivity index (χ3n) is 6.23. The average Bonchev–Trinajstić information content (AvgIpc) is 3.30. The standard InChI is InChI=1S/C31H27N5O4/c1-19-28-26(31(39)40-20(2)30(38)33-24-16-14-23(15-17-24)32-21(3)37)18-27(22-10-6-4-7-11-22)34-29(28)36(35-19)25-12-8-5-9-13-25/h4-18,20H,1-3H3,(H,32,37)(H,33,38)/t20-/m1/s1. The molecule has 2 heterocycles. The van der Waals surface area contributed by atoms with Gasteiger partial charge in [0.25, 0.3) is 5.91 Å². The molecule has 9 heteroatoms. The fourth-order valence-electron chi connectivity index (χ4n) is 4.32. The highest BCUT2D eigenvalue weighted by Crippen LogP contribution is 2.29. The normalized spacial score (nSPS) is 11.6. The zero-order chi connectivity index (χ0) is 28.2. The molecule has 0 spiro atoms. The van der Waals surface area contributed by atoms with Crippen molar-refractivity contribution in [1.29, 1.82) is 0 Å². The Labute approximate surface area is 230 Å². The van der Waals surface area contributed by atoms with E-state index in [1.54, 1.807) is 35.0 Å². The van der Waals surface area contributed by atoms with E-state index >= 15 is 0 Å². The lowest BCUT2D eigenvalue weighted by Gasteiger charge is -2.15. The van der Waals surface area contributed by atoms with E-state index in [-0.39, 0.29) is 11.5 Å². The summed E-state index contributed by atoms with van der Waals surface area (Å²) in [5, 5.41) is 10.6. The van der Waals surface area contributed by atoms with Crippen molar-refractivity contribution in [3.8, 4) is 16.9 Å². The number of aryl methyl sites for hydroxylation is 1. The van der Waals surface area contributed by atoms with E-state index in [9.17, 15) is 14.4 Å². The predicted octanol–water partition coefficient (Wildman–Crippen LogP) is 5.54. The largest absolute Gasteiger partial charge is 0.449 e. The Hall–Kier alpha value is -5.31. The maximum absolute atomic E-state index is 13.5. The first-order valence-electron chi connectivity index (χ1n) is 12.7. The second-order valence-electron chi connectivity index (χ2n) is 9.25. The summed E-state index contributed by atoms with van der Waals surface area (Å²) < 4.78 is 7.35. The Bertz CT molecular complexity index is 1700. The Balaban J connectivity index is 1.45. The summed E-state index contributed by atoms with van der Waals surface area (Å²) in [6, 6.07) is 27.4. The molecular formula is C31H27N5O4. The van der Waals surface area contributed by atoms with Gasteiger partial charge in [-0.05, 0) is 56.3 Å². The molecule has 200 valence electrons. The first-order valence-corrected chi connectivity index (χ1v) is 12.7. The van der Waals surface area contributed by atoms with Gasteiger partial charge in [0.15, 0.2) is 11.8 Å². The van der Waals surface area contributed by atoms with Gasteiger partial charge in [0, 0.05) is 23.9 Å². The highest BCUT2D eigenvalue weighted by molar-refractivity contribution is 6.06. The van der Waals surface area contributed by atoms with Crippen LogP contribution in [0.4, 0.5) is 11.4 Å². The number of hydrogen-bond donors (Lipinski definition) is 2. The number of anilines is 2. The molecule has 0 bridgehead atoms. The summed E-state index contributed by atoms with van der Waals surface area (Å²) >= 11 is 0. The van der Waals surface area contributed by atoms with Crippen LogP contribution >= 0.6 is 0 Å². The molecule has 3 aromatic carbocycles. The summed E-state index contributed by atoms with van der Waals surface area (Å²) in [7, 11) is 0. The number of aromatic nitrogens is 3. The van der Waals surface area contributed by atoms with E-state index in [2.05, 4.69) is 15.7 Å². The lowest BCUT2D eigenvalue weighted by atomic mass is 10.1. The highest BCUT2D eigenvalue weighted by Gasteiger charge is 2.25. The SMILES string of the molecule is CC(=O)Nc1ccc(NC(=O)[C@@H](C)OC(=O)c2cc(-c3ccccc3)nc3c2c(C)nn3-c2ccccc2)cc1. The van der Waals surface area contributed by atoms with Crippen LogP contribution in [0.2, 0.25) is 0 Å². The van der Waals surface area contributed by atoms with E-state index in [0.717, 1.165) is 11.3 Å². The lowest BCUT2D eigenvalue weighted by Crippen LogP contribution is -2.30.